The van der Waals surface area contributed by atoms with Gasteiger partial charge in [-0.15, -0.1) is 11.3 Å². The molecule has 9 heteroatoms. The summed E-state index contributed by atoms with van der Waals surface area (Å²) in [4.78, 5) is 34.1. The highest BCUT2D eigenvalue weighted by atomic mass is 32.2. The SMILES string of the molecule is C[C@H]1CCc2c(sc3nc(SCCN4CCOC4=O)n(C[C@H]4CCCO4)c(=O)c23)C1. The van der Waals surface area contributed by atoms with Crippen molar-refractivity contribution < 1.29 is 14.3 Å². The Labute approximate surface area is 183 Å². The average molecular weight is 450 g/mol. The molecule has 0 unspecified atom stereocenters. The molecule has 1 amide bonds. The Kier molecular flexibility index (Phi) is 5.77. The van der Waals surface area contributed by atoms with Crippen LogP contribution in [0.15, 0.2) is 9.95 Å². The van der Waals surface area contributed by atoms with Crippen molar-refractivity contribution >= 4 is 39.4 Å². The van der Waals surface area contributed by atoms with Crippen LogP contribution in [0, 0.1) is 5.92 Å². The molecule has 2 atom stereocenters. The number of nitrogens with zero attached hydrogens (tertiary/aromatic N) is 3. The maximum absolute atomic E-state index is 13.6. The van der Waals surface area contributed by atoms with Crippen molar-refractivity contribution in [2.24, 2.45) is 5.92 Å². The number of amides is 1. The monoisotopic (exact) mass is 449 g/mol. The summed E-state index contributed by atoms with van der Waals surface area (Å²) in [5.74, 6) is 1.34. The number of thioether (sulfide) groups is 1. The van der Waals surface area contributed by atoms with Gasteiger partial charge in [0, 0.05) is 23.8 Å². The van der Waals surface area contributed by atoms with Crippen molar-refractivity contribution in [1.29, 1.82) is 0 Å². The molecular weight excluding hydrogens is 422 g/mol. The molecule has 2 aromatic rings. The third kappa shape index (κ3) is 3.87. The molecule has 0 spiro atoms. The second kappa shape index (κ2) is 8.51. The highest BCUT2D eigenvalue weighted by Gasteiger charge is 2.27. The highest BCUT2D eigenvalue weighted by molar-refractivity contribution is 7.99. The lowest BCUT2D eigenvalue weighted by Crippen LogP contribution is -2.30. The van der Waals surface area contributed by atoms with Crippen molar-refractivity contribution in [3.63, 3.8) is 0 Å². The minimum Gasteiger partial charge on any atom is -0.448 e. The van der Waals surface area contributed by atoms with Gasteiger partial charge in [0.05, 0.1) is 24.6 Å². The number of hydrogen-bond donors (Lipinski definition) is 0. The van der Waals surface area contributed by atoms with E-state index in [1.807, 2.05) is 4.57 Å². The third-order valence-corrected chi connectivity index (χ3v) is 8.33. The second-order valence-corrected chi connectivity index (χ2v) is 10.6. The molecule has 2 saturated heterocycles. The van der Waals surface area contributed by atoms with Crippen LogP contribution in [-0.2, 0) is 28.9 Å². The molecule has 1 aliphatic carbocycles. The van der Waals surface area contributed by atoms with Gasteiger partial charge in [-0.2, -0.15) is 0 Å². The first-order valence-corrected chi connectivity index (χ1v) is 12.6. The Bertz CT molecular complexity index is 1010. The van der Waals surface area contributed by atoms with Gasteiger partial charge in [-0.25, -0.2) is 9.78 Å². The molecule has 0 N–H and O–H groups in total. The molecule has 3 aliphatic rings. The standard InChI is InChI=1S/C21H27N3O4S2/c1-13-4-5-15-16(11-13)30-18-17(15)19(25)24(12-14-3-2-8-27-14)20(22-18)29-10-7-23-6-9-28-21(23)26/h13-14H,2-12H2,1H3/t13-,14+/m0/s1. The van der Waals surface area contributed by atoms with Gasteiger partial charge >= 0.3 is 6.09 Å². The van der Waals surface area contributed by atoms with Crippen molar-refractivity contribution in [2.45, 2.75) is 56.8 Å². The first-order chi connectivity index (χ1) is 14.6. The van der Waals surface area contributed by atoms with Crippen LogP contribution in [0.5, 0.6) is 0 Å². The highest BCUT2D eigenvalue weighted by Crippen LogP contribution is 2.36. The van der Waals surface area contributed by atoms with E-state index in [1.54, 1.807) is 28.0 Å². The lowest BCUT2D eigenvalue weighted by molar-refractivity contribution is 0.0937. The molecule has 0 aromatic carbocycles. The maximum Gasteiger partial charge on any atom is 0.409 e. The number of rotatable bonds is 6. The summed E-state index contributed by atoms with van der Waals surface area (Å²) in [5, 5.41) is 1.56. The van der Waals surface area contributed by atoms with Crippen LogP contribution < -0.4 is 5.56 Å². The van der Waals surface area contributed by atoms with Crippen LogP contribution in [0.4, 0.5) is 4.79 Å². The van der Waals surface area contributed by atoms with Gasteiger partial charge in [-0.1, -0.05) is 18.7 Å². The van der Waals surface area contributed by atoms with E-state index in [2.05, 4.69) is 6.92 Å². The molecule has 7 nitrogen and oxygen atoms in total. The fourth-order valence-corrected chi connectivity index (χ4v) is 6.94. The van der Waals surface area contributed by atoms with Crippen LogP contribution in [0.2, 0.25) is 0 Å². The number of hydrogen-bond acceptors (Lipinski definition) is 7. The molecule has 0 bridgehead atoms. The number of aromatic nitrogens is 2. The van der Waals surface area contributed by atoms with Crippen molar-refractivity contribution in [3.05, 3.63) is 20.8 Å². The molecule has 5 rings (SSSR count). The van der Waals surface area contributed by atoms with E-state index in [9.17, 15) is 9.59 Å². The van der Waals surface area contributed by atoms with Gasteiger partial charge in [-0.3, -0.25) is 9.36 Å². The van der Waals surface area contributed by atoms with E-state index >= 15 is 0 Å². The summed E-state index contributed by atoms with van der Waals surface area (Å²) >= 11 is 3.24. The zero-order chi connectivity index (χ0) is 20.7. The lowest BCUT2D eigenvalue weighted by Gasteiger charge is -2.18. The number of fused-ring (bicyclic) bond motifs is 3. The smallest absolute Gasteiger partial charge is 0.409 e. The van der Waals surface area contributed by atoms with E-state index in [1.165, 1.54) is 10.4 Å². The van der Waals surface area contributed by atoms with E-state index in [0.29, 0.717) is 37.9 Å². The van der Waals surface area contributed by atoms with Crippen LogP contribution in [0.1, 0.15) is 36.6 Å². The minimum atomic E-state index is -0.254. The topological polar surface area (TPSA) is 73.7 Å². The number of carbonyl (C=O) groups is 1. The van der Waals surface area contributed by atoms with Gasteiger partial charge in [0.2, 0.25) is 0 Å². The first-order valence-electron chi connectivity index (χ1n) is 10.8. The Morgan fingerprint density at radius 2 is 2.17 bits per heavy atom. The summed E-state index contributed by atoms with van der Waals surface area (Å²) < 4.78 is 12.7. The summed E-state index contributed by atoms with van der Waals surface area (Å²) in [6, 6.07) is 0. The average Bonchev–Trinajstić information content (AvgIpc) is 3.45. The van der Waals surface area contributed by atoms with Gasteiger partial charge in [0.15, 0.2) is 5.16 Å². The number of thiophene rings is 1. The molecular formula is C21H27N3O4S2. The maximum atomic E-state index is 13.6. The zero-order valence-electron chi connectivity index (χ0n) is 17.2. The van der Waals surface area contributed by atoms with Crippen LogP contribution in [0.3, 0.4) is 0 Å². The lowest BCUT2D eigenvalue weighted by atomic mass is 9.89. The van der Waals surface area contributed by atoms with Gasteiger partial charge in [-0.05, 0) is 43.6 Å². The van der Waals surface area contributed by atoms with Gasteiger partial charge in [0.25, 0.3) is 5.56 Å². The van der Waals surface area contributed by atoms with E-state index in [-0.39, 0.29) is 17.8 Å². The number of cyclic esters (lactones) is 1. The molecule has 0 saturated carbocycles. The Morgan fingerprint density at radius 1 is 1.27 bits per heavy atom. The summed E-state index contributed by atoms with van der Waals surface area (Å²) in [7, 11) is 0. The van der Waals surface area contributed by atoms with Crippen LogP contribution in [-0.4, -0.2) is 58.7 Å². The second-order valence-electron chi connectivity index (χ2n) is 8.43. The van der Waals surface area contributed by atoms with Crippen LogP contribution in [0.25, 0.3) is 10.2 Å². The Balaban J connectivity index is 1.47. The van der Waals surface area contributed by atoms with Crippen molar-refractivity contribution in [2.75, 3.05) is 32.1 Å². The summed E-state index contributed by atoms with van der Waals surface area (Å²) in [6.45, 7) is 5.27. The van der Waals surface area contributed by atoms with Crippen molar-refractivity contribution in [3.8, 4) is 0 Å². The molecule has 4 heterocycles. The summed E-state index contributed by atoms with van der Waals surface area (Å²) in [5.41, 5.74) is 1.30. The first kappa shape index (κ1) is 20.3. The van der Waals surface area contributed by atoms with Gasteiger partial charge < -0.3 is 14.4 Å². The summed E-state index contributed by atoms with van der Waals surface area (Å²) in [6.07, 6.45) is 4.98. The quantitative estimate of drug-likeness (QED) is 0.498. The predicted octanol–water partition coefficient (Wildman–Crippen LogP) is 3.31. The van der Waals surface area contributed by atoms with E-state index in [4.69, 9.17) is 14.5 Å². The normalized spacial score (nSPS) is 23.9. The number of aryl methyl sites for hydroxylation is 1. The Morgan fingerprint density at radius 3 is 2.93 bits per heavy atom. The molecule has 30 heavy (non-hydrogen) atoms. The zero-order valence-corrected chi connectivity index (χ0v) is 18.9. The fraction of sp³-hybridized carbons (Fsp3) is 0.667. The molecule has 2 aliphatic heterocycles. The Hall–Kier alpha value is -1.58. The third-order valence-electron chi connectivity index (χ3n) is 6.23. The predicted molar refractivity (Wildman–Crippen MR) is 118 cm³/mol. The van der Waals surface area contributed by atoms with Gasteiger partial charge in [0.1, 0.15) is 11.4 Å². The molecule has 2 aromatic heterocycles. The molecule has 2 fully saturated rings. The molecule has 0 radical (unpaired) electrons. The van der Waals surface area contributed by atoms with E-state index < -0.39 is 0 Å². The van der Waals surface area contributed by atoms with E-state index in [0.717, 1.165) is 54.1 Å². The number of ether oxygens (including phenoxy) is 2. The molecule has 162 valence electrons. The van der Waals surface area contributed by atoms with Crippen LogP contribution >= 0.6 is 23.1 Å². The fourth-order valence-electron chi connectivity index (χ4n) is 4.54. The minimum absolute atomic E-state index is 0.0735. The van der Waals surface area contributed by atoms with Crippen molar-refractivity contribution in [1.82, 2.24) is 14.5 Å². The number of carbonyl (C=O) groups excluding carboxylic acids is 1. The largest absolute Gasteiger partial charge is 0.448 e.